The van der Waals surface area contributed by atoms with Crippen molar-refractivity contribution in [1.29, 1.82) is 0 Å². The minimum atomic E-state index is -4.17. The molecule has 1 saturated heterocycles. The second kappa shape index (κ2) is 8.93. The van der Waals surface area contributed by atoms with Crippen LogP contribution in [-0.2, 0) is 14.6 Å². The summed E-state index contributed by atoms with van der Waals surface area (Å²) in [4.78, 5) is 19.0. The van der Waals surface area contributed by atoms with Gasteiger partial charge in [0.15, 0.2) is 11.5 Å². The molecule has 8 nitrogen and oxygen atoms in total. The van der Waals surface area contributed by atoms with E-state index in [1.54, 1.807) is 17.0 Å². The summed E-state index contributed by atoms with van der Waals surface area (Å²) in [6.45, 7) is 1.50. The van der Waals surface area contributed by atoms with Crippen LogP contribution in [0.15, 0.2) is 52.4 Å². The predicted molar refractivity (Wildman–Crippen MR) is 118 cm³/mol. The maximum atomic E-state index is 13.9. The van der Waals surface area contributed by atoms with Gasteiger partial charge >= 0.3 is 0 Å². The molecule has 0 spiro atoms. The van der Waals surface area contributed by atoms with Gasteiger partial charge in [-0.05, 0) is 30.3 Å². The van der Waals surface area contributed by atoms with Crippen LogP contribution in [0.3, 0.4) is 0 Å². The minimum Gasteiger partial charge on any atom is -0.493 e. The second-order valence-electron chi connectivity index (χ2n) is 7.09. The fourth-order valence-corrected chi connectivity index (χ4v) is 5.42. The topological polar surface area (TPSA) is 95.0 Å². The van der Waals surface area contributed by atoms with E-state index in [0.29, 0.717) is 42.6 Å². The summed E-state index contributed by atoms with van der Waals surface area (Å²) in [5.74, 6) is 0.214. The van der Waals surface area contributed by atoms with Crippen LogP contribution in [0.4, 0.5) is 0 Å². The zero-order valence-corrected chi connectivity index (χ0v) is 19.1. The Balaban J connectivity index is 1.96. The largest absolute Gasteiger partial charge is 0.493 e. The standard InChI is InChI=1S/C22H21ClN2O6S/c1-29-19-6-4-15(12-20(19)30-2)32(27,28)21-16-11-14(23)3-5-18(16)24-13-17(21)22(26)25-7-9-31-10-8-25/h3-6,11-13H,7-10H2,1-2H3. The van der Waals surface area contributed by atoms with Gasteiger partial charge in [-0.25, -0.2) is 8.42 Å². The van der Waals surface area contributed by atoms with Crippen molar-refractivity contribution < 1.29 is 27.4 Å². The summed E-state index contributed by atoms with van der Waals surface area (Å²) in [7, 11) is -1.29. The molecular formula is C22H21ClN2O6S. The molecule has 1 aromatic heterocycles. The van der Waals surface area contributed by atoms with Crippen molar-refractivity contribution in [2.24, 2.45) is 0 Å². The van der Waals surface area contributed by atoms with Crippen LogP contribution in [0.25, 0.3) is 10.9 Å². The number of carbonyl (C=O) groups excluding carboxylic acids is 1. The van der Waals surface area contributed by atoms with Gasteiger partial charge in [-0.15, -0.1) is 0 Å². The molecule has 0 bridgehead atoms. The highest BCUT2D eigenvalue weighted by Crippen LogP contribution is 2.36. The zero-order valence-electron chi connectivity index (χ0n) is 17.5. The molecule has 2 heterocycles. The normalized spacial score (nSPS) is 14.4. The third kappa shape index (κ3) is 3.99. The van der Waals surface area contributed by atoms with E-state index in [1.165, 1.54) is 44.7 Å². The van der Waals surface area contributed by atoms with Crippen LogP contribution >= 0.6 is 11.6 Å². The quantitative estimate of drug-likeness (QED) is 0.558. The summed E-state index contributed by atoms with van der Waals surface area (Å²) in [5.41, 5.74) is 0.392. The van der Waals surface area contributed by atoms with E-state index in [1.807, 2.05) is 0 Å². The minimum absolute atomic E-state index is 0.0172. The number of halogens is 1. The number of hydrogen-bond acceptors (Lipinski definition) is 7. The van der Waals surface area contributed by atoms with Gasteiger partial charge in [-0.3, -0.25) is 9.78 Å². The van der Waals surface area contributed by atoms with Crippen molar-refractivity contribution in [2.75, 3.05) is 40.5 Å². The van der Waals surface area contributed by atoms with Gasteiger partial charge in [0.1, 0.15) is 0 Å². The molecule has 1 aliphatic rings. The van der Waals surface area contributed by atoms with E-state index in [4.69, 9.17) is 25.8 Å². The Bertz CT molecular complexity index is 1290. The number of ether oxygens (including phenoxy) is 3. The molecule has 0 N–H and O–H groups in total. The molecular weight excluding hydrogens is 456 g/mol. The second-order valence-corrected chi connectivity index (χ2v) is 9.41. The molecule has 0 saturated carbocycles. The molecule has 1 amide bonds. The number of benzene rings is 2. The molecule has 3 aromatic rings. The fourth-order valence-electron chi connectivity index (χ4n) is 3.62. The molecule has 0 aliphatic carbocycles. The molecule has 2 aromatic carbocycles. The van der Waals surface area contributed by atoms with Crippen molar-refractivity contribution in [3.05, 3.63) is 53.2 Å². The van der Waals surface area contributed by atoms with Crippen LogP contribution < -0.4 is 9.47 Å². The Hall–Kier alpha value is -2.88. The fraction of sp³-hybridized carbons (Fsp3) is 0.273. The maximum absolute atomic E-state index is 13.9. The van der Waals surface area contributed by atoms with Crippen molar-refractivity contribution in [1.82, 2.24) is 9.88 Å². The lowest BCUT2D eigenvalue weighted by Crippen LogP contribution is -2.41. The van der Waals surface area contributed by atoms with E-state index in [0.717, 1.165) is 0 Å². The van der Waals surface area contributed by atoms with Gasteiger partial charge in [0.25, 0.3) is 5.91 Å². The van der Waals surface area contributed by atoms with Crippen LogP contribution in [0.2, 0.25) is 5.02 Å². The lowest BCUT2D eigenvalue weighted by molar-refractivity contribution is 0.0300. The summed E-state index contributed by atoms with van der Waals surface area (Å²) in [6.07, 6.45) is 1.31. The first-order valence-corrected chi connectivity index (χ1v) is 11.7. The predicted octanol–water partition coefficient (Wildman–Crippen LogP) is 3.21. The summed E-state index contributed by atoms with van der Waals surface area (Å²) >= 11 is 6.18. The number of amides is 1. The number of sulfone groups is 1. The SMILES string of the molecule is COc1ccc(S(=O)(=O)c2c(C(=O)N3CCOCC3)cnc3ccc(Cl)cc23)cc1OC. The number of pyridine rings is 1. The first kappa shape index (κ1) is 22.3. The zero-order chi connectivity index (χ0) is 22.9. The van der Waals surface area contributed by atoms with Crippen molar-refractivity contribution in [3.8, 4) is 11.5 Å². The summed E-state index contributed by atoms with van der Waals surface area (Å²) < 4.78 is 43.6. The molecule has 0 unspecified atom stereocenters. The van der Waals surface area contributed by atoms with Crippen LogP contribution in [0, 0.1) is 0 Å². The maximum Gasteiger partial charge on any atom is 0.256 e. The Labute approximate surface area is 190 Å². The third-order valence-corrected chi connectivity index (χ3v) is 7.33. The summed E-state index contributed by atoms with van der Waals surface area (Å²) in [5, 5.41) is 0.602. The number of carbonyl (C=O) groups is 1. The lowest BCUT2D eigenvalue weighted by Gasteiger charge is -2.27. The molecule has 32 heavy (non-hydrogen) atoms. The Morgan fingerprint density at radius 3 is 2.47 bits per heavy atom. The van der Waals surface area contributed by atoms with Crippen molar-refractivity contribution >= 4 is 38.2 Å². The van der Waals surface area contributed by atoms with Crippen molar-refractivity contribution in [2.45, 2.75) is 9.79 Å². The number of hydrogen-bond donors (Lipinski definition) is 0. The number of aromatic nitrogens is 1. The van der Waals surface area contributed by atoms with Gasteiger partial charge in [0.05, 0.1) is 48.3 Å². The molecule has 0 atom stereocenters. The molecule has 0 radical (unpaired) electrons. The van der Waals surface area contributed by atoms with Gasteiger partial charge in [-0.2, -0.15) is 0 Å². The van der Waals surface area contributed by atoms with Crippen LogP contribution in [0.5, 0.6) is 11.5 Å². The molecule has 168 valence electrons. The first-order valence-electron chi connectivity index (χ1n) is 9.79. The highest BCUT2D eigenvalue weighted by Gasteiger charge is 2.31. The average molecular weight is 477 g/mol. The Morgan fingerprint density at radius 1 is 1.06 bits per heavy atom. The van der Waals surface area contributed by atoms with Gasteiger partial charge in [-0.1, -0.05) is 11.6 Å². The molecule has 1 fully saturated rings. The Morgan fingerprint density at radius 2 is 1.78 bits per heavy atom. The number of fused-ring (bicyclic) bond motifs is 1. The van der Waals surface area contributed by atoms with E-state index in [-0.39, 0.29) is 26.5 Å². The van der Waals surface area contributed by atoms with E-state index in [9.17, 15) is 13.2 Å². The first-order chi connectivity index (χ1) is 15.4. The number of rotatable bonds is 5. The number of methoxy groups -OCH3 is 2. The van der Waals surface area contributed by atoms with Crippen LogP contribution in [0.1, 0.15) is 10.4 Å². The summed E-state index contributed by atoms with van der Waals surface area (Å²) in [6, 6.07) is 9.03. The van der Waals surface area contributed by atoms with Crippen LogP contribution in [-0.4, -0.2) is 64.7 Å². The number of nitrogens with zero attached hydrogens (tertiary/aromatic N) is 2. The highest BCUT2D eigenvalue weighted by molar-refractivity contribution is 7.91. The van der Waals surface area contributed by atoms with E-state index < -0.39 is 15.7 Å². The molecule has 1 aliphatic heterocycles. The Kier molecular flexibility index (Phi) is 6.23. The van der Waals surface area contributed by atoms with Gasteiger partial charge in [0.2, 0.25) is 9.84 Å². The van der Waals surface area contributed by atoms with E-state index >= 15 is 0 Å². The van der Waals surface area contributed by atoms with Gasteiger partial charge < -0.3 is 19.1 Å². The smallest absolute Gasteiger partial charge is 0.256 e. The van der Waals surface area contributed by atoms with Crippen molar-refractivity contribution in [3.63, 3.8) is 0 Å². The molecule has 4 rings (SSSR count). The highest BCUT2D eigenvalue weighted by atomic mass is 35.5. The average Bonchev–Trinajstić information content (AvgIpc) is 2.82. The third-order valence-electron chi connectivity index (χ3n) is 5.24. The van der Waals surface area contributed by atoms with E-state index in [2.05, 4.69) is 4.98 Å². The lowest BCUT2D eigenvalue weighted by atomic mass is 10.1. The molecule has 10 heteroatoms. The number of morpholine rings is 1. The monoisotopic (exact) mass is 476 g/mol. The van der Waals surface area contributed by atoms with Gasteiger partial charge in [0, 0.05) is 35.8 Å².